The van der Waals surface area contributed by atoms with E-state index in [4.69, 9.17) is 16.3 Å². The van der Waals surface area contributed by atoms with E-state index >= 15 is 0 Å². The van der Waals surface area contributed by atoms with Gasteiger partial charge in [-0.1, -0.05) is 18.5 Å². The molecule has 2 aromatic rings. The van der Waals surface area contributed by atoms with Gasteiger partial charge in [0.1, 0.15) is 12.4 Å². The minimum absolute atomic E-state index is 0.0178. The van der Waals surface area contributed by atoms with Crippen LogP contribution in [-0.4, -0.2) is 12.5 Å². The second kappa shape index (κ2) is 7.48. The molecule has 0 spiro atoms. The van der Waals surface area contributed by atoms with Crippen LogP contribution < -0.4 is 10.1 Å². The van der Waals surface area contributed by atoms with Crippen molar-refractivity contribution in [1.29, 1.82) is 0 Å². The van der Waals surface area contributed by atoms with Gasteiger partial charge in [-0.15, -0.1) is 11.3 Å². The minimum atomic E-state index is -0.0178. The van der Waals surface area contributed by atoms with Crippen LogP contribution >= 0.6 is 22.9 Å². The lowest BCUT2D eigenvalue weighted by Crippen LogP contribution is -2.22. The number of nitrogens with one attached hydrogen (secondary N) is 1. The van der Waals surface area contributed by atoms with Crippen LogP contribution in [0.3, 0.4) is 0 Å². The van der Waals surface area contributed by atoms with Crippen molar-refractivity contribution in [1.82, 2.24) is 5.32 Å². The Labute approximate surface area is 133 Å². The molecule has 1 amide bonds. The number of amides is 1. The van der Waals surface area contributed by atoms with Gasteiger partial charge < -0.3 is 10.1 Å². The monoisotopic (exact) mass is 323 g/mol. The third-order valence-electron chi connectivity index (χ3n) is 2.94. The van der Waals surface area contributed by atoms with Gasteiger partial charge in [0.25, 0.3) is 5.91 Å². The normalized spacial score (nSPS) is 10.4. The van der Waals surface area contributed by atoms with Gasteiger partial charge in [-0.3, -0.25) is 4.79 Å². The van der Waals surface area contributed by atoms with Crippen LogP contribution in [0.1, 0.15) is 34.1 Å². The summed E-state index contributed by atoms with van der Waals surface area (Å²) in [4.78, 5) is 12.5. The molecule has 0 saturated carbocycles. The molecule has 0 bridgehead atoms. The molecule has 1 aromatic heterocycles. The van der Waals surface area contributed by atoms with Crippen molar-refractivity contribution in [3.05, 3.63) is 50.7 Å². The van der Waals surface area contributed by atoms with Crippen molar-refractivity contribution >= 4 is 28.8 Å². The van der Waals surface area contributed by atoms with E-state index in [-0.39, 0.29) is 5.91 Å². The molecule has 5 heteroatoms. The smallest absolute Gasteiger partial charge is 0.261 e. The number of halogens is 1. The van der Waals surface area contributed by atoms with Crippen molar-refractivity contribution in [3.63, 3.8) is 0 Å². The van der Waals surface area contributed by atoms with Crippen LogP contribution in [0, 0.1) is 6.92 Å². The first-order valence-corrected chi connectivity index (χ1v) is 8.10. The molecule has 3 nitrogen and oxygen atoms in total. The van der Waals surface area contributed by atoms with Crippen LogP contribution in [0.2, 0.25) is 5.02 Å². The Balaban J connectivity index is 1.95. The highest BCUT2D eigenvalue weighted by atomic mass is 35.5. The van der Waals surface area contributed by atoms with E-state index in [0.29, 0.717) is 18.2 Å². The Bertz CT molecular complexity index is 624. The SMILES string of the molecule is CCCNC(=O)c1cc(COc2ccc(Cl)cc2C)cs1. The lowest BCUT2D eigenvalue weighted by Gasteiger charge is -2.08. The first-order valence-electron chi connectivity index (χ1n) is 6.84. The Hall–Kier alpha value is -1.52. The summed E-state index contributed by atoms with van der Waals surface area (Å²) in [6.07, 6.45) is 0.933. The van der Waals surface area contributed by atoms with Gasteiger partial charge in [-0.25, -0.2) is 0 Å². The molecule has 1 aromatic carbocycles. The van der Waals surface area contributed by atoms with E-state index in [1.54, 1.807) is 6.07 Å². The van der Waals surface area contributed by atoms with Gasteiger partial charge in [0.05, 0.1) is 4.88 Å². The zero-order valence-electron chi connectivity index (χ0n) is 12.1. The molecule has 0 unspecified atom stereocenters. The predicted molar refractivity (Wildman–Crippen MR) is 87.5 cm³/mol. The molecule has 0 fully saturated rings. The summed E-state index contributed by atoms with van der Waals surface area (Å²) in [5.74, 6) is 0.790. The highest BCUT2D eigenvalue weighted by Crippen LogP contribution is 2.23. The summed E-state index contributed by atoms with van der Waals surface area (Å²) in [5.41, 5.74) is 2.00. The fourth-order valence-corrected chi connectivity index (χ4v) is 2.87. The van der Waals surface area contributed by atoms with Crippen LogP contribution in [0.15, 0.2) is 29.6 Å². The quantitative estimate of drug-likeness (QED) is 0.854. The number of aryl methyl sites for hydroxylation is 1. The maximum absolute atomic E-state index is 11.8. The standard InChI is InChI=1S/C16H18ClNO2S/c1-3-6-18-16(19)15-8-12(10-21-15)9-20-14-5-4-13(17)7-11(14)2/h4-5,7-8,10H,3,6,9H2,1-2H3,(H,18,19). The van der Waals surface area contributed by atoms with Crippen molar-refractivity contribution in [2.45, 2.75) is 26.9 Å². The van der Waals surface area contributed by atoms with Gasteiger partial charge >= 0.3 is 0 Å². The molecule has 21 heavy (non-hydrogen) atoms. The molecular formula is C16H18ClNO2S. The van der Waals surface area contributed by atoms with Crippen LogP contribution in [0.5, 0.6) is 5.75 Å². The zero-order valence-corrected chi connectivity index (χ0v) is 13.7. The average molecular weight is 324 g/mol. The number of ether oxygens (including phenoxy) is 1. The molecule has 112 valence electrons. The number of benzene rings is 1. The third-order valence-corrected chi connectivity index (χ3v) is 4.16. The van der Waals surface area contributed by atoms with Crippen LogP contribution in [0.4, 0.5) is 0 Å². The summed E-state index contributed by atoms with van der Waals surface area (Å²) in [5, 5.41) is 5.52. The van der Waals surface area contributed by atoms with Crippen LogP contribution in [0.25, 0.3) is 0 Å². The highest BCUT2D eigenvalue weighted by Gasteiger charge is 2.09. The highest BCUT2D eigenvalue weighted by molar-refractivity contribution is 7.12. The predicted octanol–water partition coefficient (Wildman–Crippen LogP) is 4.43. The summed E-state index contributed by atoms with van der Waals surface area (Å²) in [6.45, 7) is 5.13. The molecule has 0 aliphatic carbocycles. The summed E-state index contributed by atoms with van der Waals surface area (Å²) < 4.78 is 5.77. The molecule has 0 aliphatic heterocycles. The Kier molecular flexibility index (Phi) is 5.65. The number of hydrogen-bond acceptors (Lipinski definition) is 3. The average Bonchev–Trinajstić information content (AvgIpc) is 2.93. The maximum atomic E-state index is 11.8. The third kappa shape index (κ3) is 4.48. The van der Waals surface area contributed by atoms with E-state index in [0.717, 1.165) is 28.2 Å². The largest absolute Gasteiger partial charge is 0.489 e. The van der Waals surface area contributed by atoms with Crippen molar-refractivity contribution in [3.8, 4) is 5.75 Å². The minimum Gasteiger partial charge on any atom is -0.489 e. The van der Waals surface area contributed by atoms with Gasteiger partial charge in [0, 0.05) is 17.1 Å². The Morgan fingerprint density at radius 2 is 2.19 bits per heavy atom. The lowest BCUT2D eigenvalue weighted by molar-refractivity contribution is 0.0957. The van der Waals surface area contributed by atoms with E-state index in [1.807, 2.05) is 37.4 Å². The van der Waals surface area contributed by atoms with Crippen LogP contribution in [-0.2, 0) is 6.61 Å². The van der Waals surface area contributed by atoms with E-state index in [2.05, 4.69) is 5.32 Å². The zero-order chi connectivity index (χ0) is 15.2. The lowest BCUT2D eigenvalue weighted by atomic mass is 10.2. The molecule has 1 N–H and O–H groups in total. The van der Waals surface area contributed by atoms with E-state index in [9.17, 15) is 4.79 Å². The fourth-order valence-electron chi connectivity index (χ4n) is 1.83. The van der Waals surface area contributed by atoms with Crippen molar-refractivity contribution in [2.24, 2.45) is 0 Å². The number of thiophene rings is 1. The van der Waals surface area contributed by atoms with Gasteiger partial charge in [0.2, 0.25) is 0 Å². The van der Waals surface area contributed by atoms with Crippen molar-refractivity contribution < 1.29 is 9.53 Å². The number of rotatable bonds is 6. The Morgan fingerprint density at radius 3 is 2.90 bits per heavy atom. The second-order valence-corrected chi connectivity index (χ2v) is 6.12. The fraction of sp³-hybridized carbons (Fsp3) is 0.312. The first kappa shape index (κ1) is 15.9. The number of carbonyl (C=O) groups is 1. The number of hydrogen-bond donors (Lipinski definition) is 1. The van der Waals surface area contributed by atoms with E-state index in [1.165, 1.54) is 11.3 Å². The summed E-state index contributed by atoms with van der Waals surface area (Å²) in [7, 11) is 0. The molecule has 0 atom stereocenters. The topological polar surface area (TPSA) is 38.3 Å². The number of carbonyl (C=O) groups excluding carboxylic acids is 1. The molecule has 0 aliphatic rings. The molecule has 0 radical (unpaired) electrons. The molecule has 2 rings (SSSR count). The first-order chi connectivity index (χ1) is 10.1. The van der Waals surface area contributed by atoms with E-state index < -0.39 is 0 Å². The molecular weight excluding hydrogens is 306 g/mol. The van der Waals surface area contributed by atoms with Gasteiger partial charge in [0.15, 0.2) is 0 Å². The summed E-state index contributed by atoms with van der Waals surface area (Å²) >= 11 is 7.35. The second-order valence-electron chi connectivity index (χ2n) is 4.77. The van der Waals surface area contributed by atoms with Crippen molar-refractivity contribution in [2.75, 3.05) is 6.54 Å². The molecule has 0 saturated heterocycles. The molecule has 1 heterocycles. The summed E-state index contributed by atoms with van der Waals surface area (Å²) in [6, 6.07) is 7.41. The maximum Gasteiger partial charge on any atom is 0.261 e. The van der Waals surface area contributed by atoms with Gasteiger partial charge in [-0.05, 0) is 48.6 Å². The van der Waals surface area contributed by atoms with Gasteiger partial charge in [-0.2, -0.15) is 0 Å². The Morgan fingerprint density at radius 1 is 1.38 bits per heavy atom.